The summed E-state index contributed by atoms with van der Waals surface area (Å²) >= 11 is 0. The SMILES string of the molecule is O=CN1CCN(C(=O)Cc2cn3cc(F)ccc3n2)CC1. The minimum Gasteiger partial charge on any atom is -0.342 e. The van der Waals surface area contributed by atoms with Crippen molar-refractivity contribution in [2.75, 3.05) is 26.2 Å². The van der Waals surface area contributed by atoms with Crippen LogP contribution in [0, 0.1) is 5.82 Å². The lowest BCUT2D eigenvalue weighted by Gasteiger charge is -2.32. The lowest BCUT2D eigenvalue weighted by molar-refractivity contribution is -0.134. The van der Waals surface area contributed by atoms with E-state index in [9.17, 15) is 14.0 Å². The third-order valence-corrected chi connectivity index (χ3v) is 3.61. The molecule has 0 atom stereocenters. The Kier molecular flexibility index (Phi) is 3.55. The van der Waals surface area contributed by atoms with Crippen LogP contribution in [0.15, 0.2) is 24.5 Å². The minimum absolute atomic E-state index is 0.0237. The van der Waals surface area contributed by atoms with Gasteiger partial charge in [0.2, 0.25) is 12.3 Å². The van der Waals surface area contributed by atoms with Crippen LogP contribution < -0.4 is 0 Å². The number of carbonyl (C=O) groups excluding carboxylic acids is 2. The maximum Gasteiger partial charge on any atom is 0.228 e. The minimum atomic E-state index is -0.345. The van der Waals surface area contributed by atoms with E-state index >= 15 is 0 Å². The number of halogens is 1. The molecule has 2 aromatic rings. The van der Waals surface area contributed by atoms with Gasteiger partial charge < -0.3 is 14.2 Å². The Morgan fingerprint density at radius 1 is 1.24 bits per heavy atom. The molecule has 0 N–H and O–H groups in total. The van der Waals surface area contributed by atoms with Crippen LogP contribution >= 0.6 is 0 Å². The highest BCUT2D eigenvalue weighted by molar-refractivity contribution is 5.78. The average molecular weight is 290 g/mol. The van der Waals surface area contributed by atoms with Gasteiger partial charge in [-0.3, -0.25) is 9.59 Å². The maximum absolute atomic E-state index is 13.1. The first-order valence-corrected chi connectivity index (χ1v) is 6.76. The largest absolute Gasteiger partial charge is 0.342 e. The van der Waals surface area contributed by atoms with Crippen LogP contribution in [0.25, 0.3) is 5.65 Å². The van der Waals surface area contributed by atoms with Crippen molar-refractivity contribution < 1.29 is 14.0 Å². The molecule has 0 spiro atoms. The van der Waals surface area contributed by atoms with Crippen molar-refractivity contribution in [1.29, 1.82) is 0 Å². The van der Waals surface area contributed by atoms with Crippen LogP contribution in [0.2, 0.25) is 0 Å². The fourth-order valence-electron chi connectivity index (χ4n) is 2.45. The summed E-state index contributed by atoms with van der Waals surface area (Å²) in [6.45, 7) is 2.20. The van der Waals surface area contributed by atoms with E-state index in [1.807, 2.05) is 0 Å². The molecule has 0 aromatic carbocycles. The zero-order valence-corrected chi connectivity index (χ0v) is 11.4. The Morgan fingerprint density at radius 2 is 2.00 bits per heavy atom. The van der Waals surface area contributed by atoms with Gasteiger partial charge in [0.15, 0.2) is 0 Å². The van der Waals surface area contributed by atoms with E-state index < -0.39 is 0 Å². The van der Waals surface area contributed by atoms with Crippen molar-refractivity contribution in [3.8, 4) is 0 Å². The zero-order valence-electron chi connectivity index (χ0n) is 11.4. The fraction of sp³-hybridized carbons (Fsp3) is 0.357. The summed E-state index contributed by atoms with van der Waals surface area (Å²) in [5.74, 6) is -0.368. The van der Waals surface area contributed by atoms with Gasteiger partial charge in [-0.2, -0.15) is 0 Å². The summed E-state index contributed by atoms with van der Waals surface area (Å²) in [4.78, 5) is 30.5. The second-order valence-corrected chi connectivity index (χ2v) is 5.04. The summed E-state index contributed by atoms with van der Waals surface area (Å²) in [5, 5.41) is 0. The molecule has 1 saturated heterocycles. The first-order chi connectivity index (χ1) is 10.2. The van der Waals surface area contributed by atoms with Crippen molar-refractivity contribution >= 4 is 18.0 Å². The molecule has 3 heterocycles. The van der Waals surface area contributed by atoms with Gasteiger partial charge in [0, 0.05) is 38.6 Å². The molecule has 2 amide bonds. The first kappa shape index (κ1) is 13.5. The lowest BCUT2D eigenvalue weighted by atomic mass is 10.2. The van der Waals surface area contributed by atoms with Gasteiger partial charge >= 0.3 is 0 Å². The van der Waals surface area contributed by atoms with Crippen molar-refractivity contribution in [3.05, 3.63) is 36.0 Å². The Labute approximate surface area is 120 Å². The third-order valence-electron chi connectivity index (χ3n) is 3.61. The molecule has 0 bridgehead atoms. The fourth-order valence-corrected chi connectivity index (χ4v) is 2.45. The molecule has 21 heavy (non-hydrogen) atoms. The second-order valence-electron chi connectivity index (χ2n) is 5.04. The number of rotatable bonds is 3. The number of imidazole rings is 1. The van der Waals surface area contributed by atoms with Crippen molar-refractivity contribution in [3.63, 3.8) is 0 Å². The molecule has 0 unspecified atom stereocenters. The van der Waals surface area contributed by atoms with Gasteiger partial charge in [0.05, 0.1) is 12.1 Å². The highest BCUT2D eigenvalue weighted by atomic mass is 19.1. The Hall–Kier alpha value is -2.44. The smallest absolute Gasteiger partial charge is 0.228 e. The van der Waals surface area contributed by atoms with E-state index in [-0.39, 0.29) is 18.1 Å². The Balaban J connectivity index is 1.67. The first-order valence-electron chi connectivity index (χ1n) is 6.76. The topological polar surface area (TPSA) is 57.9 Å². The summed E-state index contributed by atoms with van der Waals surface area (Å²) in [6.07, 6.45) is 3.99. The molecule has 0 saturated carbocycles. The third kappa shape index (κ3) is 2.86. The number of fused-ring (bicyclic) bond motifs is 1. The molecule has 110 valence electrons. The van der Waals surface area contributed by atoms with Crippen molar-refractivity contribution in [2.45, 2.75) is 6.42 Å². The van der Waals surface area contributed by atoms with E-state index in [0.717, 1.165) is 6.41 Å². The van der Waals surface area contributed by atoms with E-state index in [1.165, 1.54) is 12.3 Å². The van der Waals surface area contributed by atoms with Crippen LogP contribution in [0.1, 0.15) is 5.69 Å². The highest BCUT2D eigenvalue weighted by Crippen LogP contribution is 2.09. The number of carbonyl (C=O) groups is 2. The standard InChI is InChI=1S/C14H15FN4O2/c15-11-1-2-13-16-12(9-19(13)8-11)7-14(21)18-5-3-17(10-20)4-6-18/h1-2,8-10H,3-7H2. The number of hydrogen-bond donors (Lipinski definition) is 0. The normalized spacial score (nSPS) is 15.5. The molecule has 0 radical (unpaired) electrons. The Bertz CT molecular complexity index is 677. The molecule has 0 aliphatic carbocycles. The van der Waals surface area contributed by atoms with Gasteiger partial charge in [-0.05, 0) is 12.1 Å². The number of piperazine rings is 1. The van der Waals surface area contributed by atoms with E-state index in [0.29, 0.717) is 37.5 Å². The predicted molar refractivity (Wildman–Crippen MR) is 73.1 cm³/mol. The Morgan fingerprint density at radius 3 is 2.71 bits per heavy atom. The van der Waals surface area contributed by atoms with Gasteiger partial charge in [-0.15, -0.1) is 0 Å². The number of hydrogen-bond acceptors (Lipinski definition) is 3. The summed E-state index contributed by atoms with van der Waals surface area (Å²) in [5.41, 5.74) is 1.23. The molecule has 6 nitrogen and oxygen atoms in total. The van der Waals surface area contributed by atoms with Crippen LogP contribution in [0.4, 0.5) is 4.39 Å². The van der Waals surface area contributed by atoms with Crippen LogP contribution in [-0.2, 0) is 16.0 Å². The molecule has 2 aromatic heterocycles. The van der Waals surface area contributed by atoms with Crippen LogP contribution in [0.3, 0.4) is 0 Å². The number of nitrogens with zero attached hydrogens (tertiary/aromatic N) is 4. The van der Waals surface area contributed by atoms with Gasteiger partial charge in [0.1, 0.15) is 11.5 Å². The quantitative estimate of drug-likeness (QED) is 0.765. The number of pyridine rings is 1. The van der Waals surface area contributed by atoms with Gasteiger partial charge in [0.25, 0.3) is 0 Å². The molecule has 1 aliphatic heterocycles. The molecule has 1 fully saturated rings. The monoisotopic (exact) mass is 290 g/mol. The van der Waals surface area contributed by atoms with Crippen LogP contribution in [0.5, 0.6) is 0 Å². The average Bonchev–Trinajstić information content (AvgIpc) is 2.88. The van der Waals surface area contributed by atoms with E-state index in [4.69, 9.17) is 0 Å². The predicted octanol–water partition coefficient (Wildman–Crippen LogP) is 0.316. The maximum atomic E-state index is 13.1. The van der Waals surface area contributed by atoms with E-state index in [1.54, 1.807) is 26.5 Å². The number of aromatic nitrogens is 2. The van der Waals surface area contributed by atoms with Gasteiger partial charge in [-0.1, -0.05) is 0 Å². The summed E-state index contributed by atoms with van der Waals surface area (Å²) in [6, 6.07) is 2.92. The molecule has 1 aliphatic rings. The van der Waals surface area contributed by atoms with Crippen molar-refractivity contribution in [1.82, 2.24) is 19.2 Å². The van der Waals surface area contributed by atoms with Crippen molar-refractivity contribution in [2.24, 2.45) is 0 Å². The summed E-state index contributed by atoms with van der Waals surface area (Å²) in [7, 11) is 0. The van der Waals surface area contributed by atoms with Crippen LogP contribution in [-0.4, -0.2) is 57.7 Å². The number of amides is 2. The molecular weight excluding hydrogens is 275 g/mol. The molecule has 7 heteroatoms. The zero-order chi connectivity index (χ0) is 14.8. The molecule has 3 rings (SSSR count). The van der Waals surface area contributed by atoms with E-state index in [2.05, 4.69) is 4.98 Å². The van der Waals surface area contributed by atoms with Gasteiger partial charge in [-0.25, -0.2) is 9.37 Å². The second kappa shape index (κ2) is 5.51. The molecular formula is C14H15FN4O2. The highest BCUT2D eigenvalue weighted by Gasteiger charge is 2.21. The summed E-state index contributed by atoms with van der Waals surface area (Å²) < 4.78 is 14.7. The lowest BCUT2D eigenvalue weighted by Crippen LogP contribution is -2.48.